The van der Waals surface area contributed by atoms with Gasteiger partial charge in [-0.25, -0.2) is 4.39 Å². The fourth-order valence-corrected chi connectivity index (χ4v) is 3.61. The number of rotatable bonds is 5. The van der Waals surface area contributed by atoms with Crippen LogP contribution in [0.3, 0.4) is 0 Å². The molecule has 3 rings (SSSR count). The van der Waals surface area contributed by atoms with E-state index in [0.717, 1.165) is 10.7 Å². The minimum absolute atomic E-state index is 0.0405. The number of amides is 1. The molecule has 134 valence electrons. The van der Waals surface area contributed by atoms with Gasteiger partial charge in [0.05, 0.1) is 18.9 Å². The van der Waals surface area contributed by atoms with Crippen molar-refractivity contribution in [1.29, 1.82) is 0 Å². The summed E-state index contributed by atoms with van der Waals surface area (Å²) in [5.74, 6) is 0.0681. The van der Waals surface area contributed by atoms with Crippen molar-refractivity contribution in [2.24, 2.45) is 0 Å². The van der Waals surface area contributed by atoms with Crippen molar-refractivity contribution in [1.82, 2.24) is 19.7 Å². The second-order valence-corrected chi connectivity index (χ2v) is 7.10. The van der Waals surface area contributed by atoms with Gasteiger partial charge in [0.2, 0.25) is 5.91 Å². The smallest absolute Gasteiger partial charge is 0.233 e. The normalized spacial score (nSPS) is 17.9. The average Bonchev–Trinajstić information content (AvgIpc) is 3.09. The van der Waals surface area contributed by atoms with Gasteiger partial charge in [-0.05, 0) is 31.5 Å². The number of halogens is 1. The van der Waals surface area contributed by atoms with Crippen LogP contribution in [0, 0.1) is 5.82 Å². The van der Waals surface area contributed by atoms with Crippen LogP contribution in [0.25, 0.3) is 0 Å². The molecule has 0 saturated carbocycles. The summed E-state index contributed by atoms with van der Waals surface area (Å²) in [5.41, 5.74) is 0.881. The maximum absolute atomic E-state index is 13.1. The van der Waals surface area contributed by atoms with Gasteiger partial charge in [-0.2, -0.15) is 0 Å². The highest BCUT2D eigenvalue weighted by molar-refractivity contribution is 7.99. The molecule has 1 aliphatic rings. The van der Waals surface area contributed by atoms with Gasteiger partial charge in [0.15, 0.2) is 5.16 Å². The molecule has 1 amide bonds. The lowest BCUT2D eigenvalue weighted by atomic mass is 10.1. The topological polar surface area (TPSA) is 60.2 Å². The Morgan fingerprint density at radius 3 is 2.88 bits per heavy atom. The quantitative estimate of drug-likeness (QED) is 0.764. The van der Waals surface area contributed by atoms with Crippen LogP contribution in [-0.4, -0.2) is 51.0 Å². The molecule has 25 heavy (non-hydrogen) atoms. The van der Waals surface area contributed by atoms with Crippen molar-refractivity contribution in [2.45, 2.75) is 31.1 Å². The van der Waals surface area contributed by atoms with E-state index in [2.05, 4.69) is 10.2 Å². The Balaban J connectivity index is 1.58. The Labute approximate surface area is 150 Å². The third-order valence-corrected chi connectivity index (χ3v) is 5.02. The highest BCUT2D eigenvalue weighted by Crippen LogP contribution is 2.24. The molecule has 6 nitrogen and oxygen atoms in total. The molecule has 0 aliphatic carbocycles. The van der Waals surface area contributed by atoms with Gasteiger partial charge >= 0.3 is 0 Å². The number of benzene rings is 1. The zero-order chi connectivity index (χ0) is 17.8. The van der Waals surface area contributed by atoms with Gasteiger partial charge in [-0.1, -0.05) is 23.9 Å². The predicted octanol–water partition coefficient (Wildman–Crippen LogP) is 2.69. The minimum atomic E-state index is -0.279. The monoisotopic (exact) mass is 364 g/mol. The first kappa shape index (κ1) is 17.9. The molecule has 0 N–H and O–H groups in total. The summed E-state index contributed by atoms with van der Waals surface area (Å²) in [7, 11) is 0. The fraction of sp³-hybridized carbons (Fsp3) is 0.471. The van der Waals surface area contributed by atoms with Crippen molar-refractivity contribution in [2.75, 3.05) is 25.4 Å². The van der Waals surface area contributed by atoms with Crippen molar-refractivity contribution >= 4 is 17.7 Å². The maximum atomic E-state index is 13.1. The fourth-order valence-electron chi connectivity index (χ4n) is 2.66. The van der Waals surface area contributed by atoms with Crippen molar-refractivity contribution in [3.63, 3.8) is 0 Å². The molecule has 0 radical (unpaired) electrons. The van der Waals surface area contributed by atoms with Gasteiger partial charge in [0.1, 0.15) is 18.2 Å². The largest absolute Gasteiger partial charge is 0.370 e. The number of nitrogens with zero attached hydrogens (tertiary/aromatic N) is 4. The zero-order valence-corrected chi connectivity index (χ0v) is 15.1. The first-order chi connectivity index (χ1) is 12.0. The lowest BCUT2D eigenvalue weighted by molar-refractivity contribution is -0.136. The Bertz CT molecular complexity index is 720. The molecular weight excluding hydrogens is 343 g/mol. The summed E-state index contributed by atoms with van der Waals surface area (Å²) in [4.78, 5) is 14.3. The first-order valence-electron chi connectivity index (χ1n) is 8.21. The van der Waals surface area contributed by atoms with E-state index in [1.165, 1.54) is 23.9 Å². The van der Waals surface area contributed by atoms with E-state index in [9.17, 15) is 9.18 Å². The summed E-state index contributed by atoms with van der Waals surface area (Å²) in [6.45, 7) is 5.60. The molecule has 1 aromatic heterocycles. The number of hydrogen-bond acceptors (Lipinski definition) is 5. The third-order valence-electron chi connectivity index (χ3n) is 4.08. The van der Waals surface area contributed by atoms with Gasteiger partial charge in [0.25, 0.3) is 0 Å². The molecule has 1 unspecified atom stereocenters. The maximum Gasteiger partial charge on any atom is 0.233 e. The van der Waals surface area contributed by atoms with Crippen LogP contribution in [0.2, 0.25) is 0 Å². The number of thioether (sulfide) groups is 1. The standard InChI is InChI=1S/C17H21FN4O2S/c1-12(2)22-11-19-20-17(22)25-10-16(23)21-7-8-24-15(9-21)13-3-5-14(18)6-4-13/h3-6,11-12,15H,7-10H2,1-2H3. The van der Waals surface area contributed by atoms with Crippen LogP contribution in [-0.2, 0) is 9.53 Å². The van der Waals surface area contributed by atoms with Crippen LogP contribution in [0.5, 0.6) is 0 Å². The Morgan fingerprint density at radius 1 is 1.40 bits per heavy atom. The Kier molecular flexibility index (Phi) is 5.70. The average molecular weight is 364 g/mol. The van der Waals surface area contributed by atoms with Gasteiger partial charge in [-0.15, -0.1) is 10.2 Å². The van der Waals surface area contributed by atoms with Crippen LogP contribution < -0.4 is 0 Å². The van der Waals surface area contributed by atoms with Crippen LogP contribution in [0.4, 0.5) is 4.39 Å². The second-order valence-electron chi connectivity index (χ2n) is 6.15. The molecule has 1 aromatic carbocycles. The molecule has 0 bridgehead atoms. The van der Waals surface area contributed by atoms with E-state index in [4.69, 9.17) is 4.74 Å². The molecule has 0 spiro atoms. The van der Waals surface area contributed by atoms with E-state index in [1.807, 2.05) is 18.4 Å². The molecule has 8 heteroatoms. The summed E-state index contributed by atoms with van der Waals surface area (Å²) < 4.78 is 20.7. The van der Waals surface area contributed by atoms with E-state index in [0.29, 0.717) is 25.4 Å². The van der Waals surface area contributed by atoms with Crippen LogP contribution in [0.1, 0.15) is 31.6 Å². The third kappa shape index (κ3) is 4.38. The molecule has 1 aliphatic heterocycles. The van der Waals surface area contributed by atoms with Gasteiger partial charge in [0, 0.05) is 12.6 Å². The second kappa shape index (κ2) is 7.97. The lowest BCUT2D eigenvalue weighted by Crippen LogP contribution is -2.43. The van der Waals surface area contributed by atoms with E-state index in [1.54, 1.807) is 23.4 Å². The summed E-state index contributed by atoms with van der Waals surface area (Å²) in [5, 5.41) is 8.72. The predicted molar refractivity (Wildman–Crippen MR) is 92.8 cm³/mol. The first-order valence-corrected chi connectivity index (χ1v) is 9.20. The SMILES string of the molecule is CC(C)n1cnnc1SCC(=O)N1CCOC(c2ccc(F)cc2)C1. The van der Waals surface area contributed by atoms with E-state index >= 15 is 0 Å². The number of aromatic nitrogens is 3. The summed E-state index contributed by atoms with van der Waals surface area (Å²) in [6.07, 6.45) is 1.46. The molecular formula is C17H21FN4O2S. The van der Waals surface area contributed by atoms with Crippen LogP contribution in [0.15, 0.2) is 35.7 Å². The molecule has 1 saturated heterocycles. The van der Waals surface area contributed by atoms with Crippen molar-refractivity contribution < 1.29 is 13.9 Å². The number of morpholine rings is 1. The Morgan fingerprint density at radius 2 is 2.16 bits per heavy atom. The Hall–Kier alpha value is -1.93. The number of ether oxygens (including phenoxy) is 1. The molecule has 1 atom stereocenters. The number of carbonyl (C=O) groups is 1. The summed E-state index contributed by atoms with van der Waals surface area (Å²) >= 11 is 1.39. The van der Waals surface area contributed by atoms with Crippen molar-refractivity contribution in [3.05, 3.63) is 42.0 Å². The minimum Gasteiger partial charge on any atom is -0.370 e. The zero-order valence-electron chi connectivity index (χ0n) is 14.3. The van der Waals surface area contributed by atoms with Gasteiger partial charge < -0.3 is 14.2 Å². The lowest BCUT2D eigenvalue weighted by Gasteiger charge is -2.33. The highest BCUT2D eigenvalue weighted by Gasteiger charge is 2.25. The number of carbonyl (C=O) groups excluding carboxylic acids is 1. The van der Waals surface area contributed by atoms with Gasteiger partial charge in [-0.3, -0.25) is 4.79 Å². The highest BCUT2D eigenvalue weighted by atomic mass is 32.2. The summed E-state index contributed by atoms with van der Waals surface area (Å²) in [6, 6.07) is 6.47. The molecule has 1 fully saturated rings. The van der Waals surface area contributed by atoms with E-state index in [-0.39, 0.29) is 23.9 Å². The van der Waals surface area contributed by atoms with Crippen molar-refractivity contribution in [3.8, 4) is 0 Å². The number of hydrogen-bond donors (Lipinski definition) is 0. The molecule has 2 heterocycles. The van der Waals surface area contributed by atoms with Crippen LogP contribution >= 0.6 is 11.8 Å². The van der Waals surface area contributed by atoms with E-state index < -0.39 is 0 Å². The molecule has 2 aromatic rings.